The maximum atomic E-state index is 13.3. The summed E-state index contributed by atoms with van der Waals surface area (Å²) in [6.45, 7) is 8.11. The monoisotopic (exact) mass is 574 g/mol. The fraction of sp³-hybridized carbons (Fsp3) is 0.955. The third kappa shape index (κ3) is 10.6. The summed E-state index contributed by atoms with van der Waals surface area (Å²) in [5, 5.41) is 12.8. The molecule has 0 radical (unpaired) electrons. The number of nitrogens with one attached hydrogen (secondary N) is 1. The smallest absolute Gasteiger partial charge is 0.328 e. The second kappa shape index (κ2) is 15.4. The highest BCUT2D eigenvalue weighted by atomic mass is 31.2. The summed E-state index contributed by atoms with van der Waals surface area (Å²) in [5.74, 6) is -0.423. The highest BCUT2D eigenvalue weighted by Gasteiger charge is 2.46. The lowest BCUT2D eigenvalue weighted by Crippen LogP contribution is -2.40. The lowest BCUT2D eigenvalue weighted by atomic mass is 10.00. The summed E-state index contributed by atoms with van der Waals surface area (Å²) in [4.78, 5) is 14.1. The number of likely N-dealkylation sites (N-methyl/N-ethyl adjacent to an activating group) is 1. The summed E-state index contributed by atoms with van der Waals surface area (Å²) in [7, 11) is -3.70. The normalized spacial score (nSPS) is 31.4. The van der Waals surface area contributed by atoms with Gasteiger partial charge in [-0.05, 0) is 20.4 Å². The van der Waals surface area contributed by atoms with Crippen LogP contribution in [0.5, 0.6) is 0 Å². The first kappa shape index (κ1) is 32.8. The number of hydrogen-bond donors (Lipinski definition) is 2. The molecule has 0 aliphatic carbocycles. The number of amides is 1. The minimum Gasteiger partial charge on any atom is -0.394 e. The van der Waals surface area contributed by atoms with Crippen LogP contribution in [-0.2, 0) is 46.2 Å². The first-order chi connectivity index (χ1) is 17.4. The van der Waals surface area contributed by atoms with Crippen LogP contribution in [0.3, 0.4) is 0 Å². The molecule has 2 saturated heterocycles. The van der Waals surface area contributed by atoms with Gasteiger partial charge in [-0.2, -0.15) is 0 Å². The van der Waals surface area contributed by atoms with Gasteiger partial charge in [0.2, 0.25) is 5.91 Å². The number of nitrogens with zero attached hydrogens (tertiary/aromatic N) is 1. The molecule has 2 aliphatic rings. The minimum atomic E-state index is -3.61. The number of carbonyl (C=O) groups is 1. The van der Waals surface area contributed by atoms with Crippen molar-refractivity contribution in [3.63, 3.8) is 0 Å². The average Bonchev–Trinajstić information content (AvgIpc) is 3.37. The fourth-order valence-corrected chi connectivity index (χ4v) is 6.26. The zero-order valence-electron chi connectivity index (χ0n) is 22.7. The Morgan fingerprint density at radius 3 is 2.46 bits per heavy atom. The van der Waals surface area contributed by atoms with E-state index in [-0.39, 0.29) is 50.9 Å². The van der Waals surface area contributed by atoms with E-state index in [1.54, 1.807) is 0 Å². The number of ether oxygens (including phenoxy) is 3. The molecule has 2 rings (SSSR count). The van der Waals surface area contributed by atoms with Crippen LogP contribution in [0.25, 0.3) is 0 Å². The Kier molecular flexibility index (Phi) is 13.6. The zero-order chi connectivity index (χ0) is 27.6. The molecule has 0 aromatic rings. The zero-order valence-corrected chi connectivity index (χ0v) is 24.5. The summed E-state index contributed by atoms with van der Waals surface area (Å²) < 4.78 is 64.1. The number of hydrogen-bond acceptors (Lipinski definition) is 12. The van der Waals surface area contributed by atoms with Gasteiger partial charge in [0, 0.05) is 39.4 Å². The van der Waals surface area contributed by atoms with Gasteiger partial charge in [-0.15, -0.1) is 0 Å². The predicted octanol–water partition coefficient (Wildman–Crippen LogP) is 1.33. The predicted molar refractivity (Wildman–Crippen MR) is 136 cm³/mol. The number of aliphatic hydroxyl groups excluding tert-OH is 1. The quantitative estimate of drug-likeness (QED) is 0.191. The molecular formula is C22H44N2O11P2. The van der Waals surface area contributed by atoms with Crippen LogP contribution < -0.4 is 5.32 Å². The van der Waals surface area contributed by atoms with Crippen LogP contribution in [0.15, 0.2) is 0 Å². The number of carbonyl (C=O) groups excluding carboxylic acids is 1. The van der Waals surface area contributed by atoms with Gasteiger partial charge >= 0.3 is 15.2 Å². The third-order valence-corrected chi connectivity index (χ3v) is 9.06. The molecule has 0 aromatic carbocycles. The van der Waals surface area contributed by atoms with E-state index in [1.165, 1.54) is 25.3 Å². The van der Waals surface area contributed by atoms with Crippen LogP contribution >= 0.6 is 15.2 Å². The van der Waals surface area contributed by atoms with Crippen molar-refractivity contribution in [1.82, 2.24) is 10.2 Å². The first-order valence-corrected chi connectivity index (χ1v) is 16.5. The molecule has 13 nitrogen and oxygen atoms in total. The van der Waals surface area contributed by atoms with Gasteiger partial charge in [0.15, 0.2) is 0 Å². The van der Waals surface area contributed by atoms with Crippen molar-refractivity contribution in [2.24, 2.45) is 5.92 Å². The van der Waals surface area contributed by atoms with E-state index < -0.39 is 39.5 Å². The van der Waals surface area contributed by atoms with E-state index >= 15 is 0 Å². The van der Waals surface area contributed by atoms with E-state index in [2.05, 4.69) is 5.32 Å². The van der Waals surface area contributed by atoms with Gasteiger partial charge in [-0.3, -0.25) is 13.9 Å². The molecule has 2 heterocycles. The lowest BCUT2D eigenvalue weighted by Gasteiger charge is -2.27. The van der Waals surface area contributed by atoms with Crippen LogP contribution in [0.4, 0.5) is 0 Å². The summed E-state index contributed by atoms with van der Waals surface area (Å²) >= 11 is 0. The minimum absolute atomic E-state index is 0.0558. The fourth-order valence-electron chi connectivity index (χ4n) is 4.22. The maximum absolute atomic E-state index is 13.3. The van der Waals surface area contributed by atoms with E-state index in [0.717, 1.165) is 6.54 Å². The van der Waals surface area contributed by atoms with Gasteiger partial charge < -0.3 is 47.6 Å². The molecule has 0 spiro atoms. The molecular weight excluding hydrogens is 530 g/mol. The second-order valence-electron chi connectivity index (χ2n) is 9.44. The number of aliphatic hydroxyl groups is 1. The molecule has 3 unspecified atom stereocenters. The third-order valence-electron chi connectivity index (χ3n) is 6.47. The average molecular weight is 575 g/mol. The number of likely N-dealkylation sites (tertiary alicyclic amines) is 1. The van der Waals surface area contributed by atoms with E-state index in [9.17, 15) is 19.0 Å². The van der Waals surface area contributed by atoms with Gasteiger partial charge in [0.05, 0.1) is 51.3 Å². The van der Waals surface area contributed by atoms with E-state index in [4.69, 9.17) is 32.3 Å². The molecule has 2 aliphatic heterocycles. The molecule has 218 valence electrons. The largest absolute Gasteiger partial charge is 0.394 e. The second-order valence-corrected chi connectivity index (χ2v) is 13.6. The van der Waals surface area contributed by atoms with Crippen LogP contribution in [0, 0.1) is 5.92 Å². The van der Waals surface area contributed by atoms with Crippen molar-refractivity contribution in [2.45, 2.75) is 50.7 Å². The van der Waals surface area contributed by atoms with Crippen molar-refractivity contribution < 1.29 is 51.3 Å². The van der Waals surface area contributed by atoms with Gasteiger partial charge in [-0.25, -0.2) is 0 Å². The van der Waals surface area contributed by atoms with Gasteiger partial charge in [0.1, 0.15) is 18.8 Å². The molecule has 1 amide bonds. The molecule has 0 saturated carbocycles. The molecule has 8 atom stereocenters. The highest BCUT2D eigenvalue weighted by molar-refractivity contribution is 7.53. The van der Waals surface area contributed by atoms with E-state index in [1.807, 2.05) is 20.9 Å². The topological polar surface area (TPSA) is 151 Å². The summed E-state index contributed by atoms with van der Waals surface area (Å²) in [6, 6.07) is -0.476. The Morgan fingerprint density at radius 2 is 1.81 bits per heavy atom. The first-order valence-electron chi connectivity index (χ1n) is 12.5. The standard InChI is InChI=1S/C22H44N2O11P2/c1-16-17(2)33-20(14-32-36(5,27)29-4)22(16)35-37(6,28)34-19-11-18(13-25)24(12-19)21(26)15-31-10-9-30-8-7-23-3/h16-20,22-23,25H,7-15H2,1-6H3/t16-,17-,18+,19?,20+,22-,36?,37?/m1/s1. The summed E-state index contributed by atoms with van der Waals surface area (Å²) in [6.07, 6.45) is -1.72. The Hall–Kier alpha value is -0.430. The highest BCUT2D eigenvalue weighted by Crippen LogP contribution is 2.52. The Balaban J connectivity index is 1.88. The maximum Gasteiger partial charge on any atom is 0.328 e. The van der Waals surface area contributed by atoms with Crippen LogP contribution in [0.1, 0.15) is 20.3 Å². The van der Waals surface area contributed by atoms with Crippen molar-refractivity contribution in [3.05, 3.63) is 0 Å². The molecule has 0 bridgehead atoms. The van der Waals surface area contributed by atoms with Crippen LogP contribution in [0.2, 0.25) is 0 Å². The molecule has 0 aromatic heterocycles. The number of rotatable bonds is 17. The Labute approximate surface area is 219 Å². The van der Waals surface area contributed by atoms with Crippen molar-refractivity contribution in [1.29, 1.82) is 0 Å². The Morgan fingerprint density at radius 1 is 1.11 bits per heavy atom. The summed E-state index contributed by atoms with van der Waals surface area (Å²) in [5.41, 5.74) is 0. The van der Waals surface area contributed by atoms with E-state index in [0.29, 0.717) is 19.6 Å². The molecule has 2 fully saturated rings. The SMILES string of the molecule is CNCCOCCOCC(=O)N1CC(OP(C)(=O)O[C@@H]2[C@H](C)[C@@H](C)O[C@H]2COP(C)(=O)OC)C[C@H]1CO. The van der Waals surface area contributed by atoms with Crippen LogP contribution in [-0.4, -0.2) is 127 Å². The van der Waals surface area contributed by atoms with Gasteiger partial charge in [-0.1, -0.05) is 6.92 Å². The molecule has 2 N–H and O–H groups in total. The molecule has 37 heavy (non-hydrogen) atoms. The lowest BCUT2D eigenvalue weighted by molar-refractivity contribution is -0.138. The Bertz CT molecular complexity index is 805. The molecule has 15 heteroatoms. The van der Waals surface area contributed by atoms with Crippen molar-refractivity contribution >= 4 is 21.1 Å². The van der Waals surface area contributed by atoms with Crippen molar-refractivity contribution in [3.8, 4) is 0 Å². The van der Waals surface area contributed by atoms with Gasteiger partial charge in [0.25, 0.3) is 0 Å². The van der Waals surface area contributed by atoms with Crippen molar-refractivity contribution in [2.75, 3.05) is 80.2 Å².